The Hall–Kier alpha value is -3.06. The van der Waals surface area contributed by atoms with Crippen LogP contribution in [0.4, 0.5) is 10.5 Å². The number of nitrogens with zero attached hydrogens (tertiary/aromatic N) is 2. The molecule has 1 atom stereocenters. The van der Waals surface area contributed by atoms with E-state index in [1.54, 1.807) is 36.0 Å². The second-order valence-electron chi connectivity index (χ2n) is 6.56. The minimum absolute atomic E-state index is 0.227. The molecule has 2 aliphatic rings. The predicted octanol–water partition coefficient (Wildman–Crippen LogP) is 3.84. The van der Waals surface area contributed by atoms with Crippen molar-refractivity contribution in [3.05, 3.63) is 65.6 Å². The number of methoxy groups -OCH3 is 1. The maximum Gasteiger partial charge on any atom is 0.506 e. The van der Waals surface area contributed by atoms with Gasteiger partial charge in [0.2, 0.25) is 0 Å². The maximum atomic E-state index is 13.3. The predicted molar refractivity (Wildman–Crippen MR) is 113 cm³/mol. The number of thioether (sulfide) groups is 1. The Morgan fingerprint density at radius 1 is 1.03 bits per heavy atom. The van der Waals surface area contributed by atoms with Gasteiger partial charge in [-0.05, 0) is 60.4 Å². The van der Waals surface area contributed by atoms with Gasteiger partial charge in [-0.15, -0.1) is 16.7 Å². The highest BCUT2D eigenvalue weighted by Crippen LogP contribution is 2.32. The third-order valence-electron chi connectivity index (χ3n) is 4.81. The van der Waals surface area contributed by atoms with E-state index in [-0.39, 0.29) is 11.9 Å². The highest BCUT2D eigenvalue weighted by atomic mass is 32.2. The molecule has 0 bridgehead atoms. The van der Waals surface area contributed by atoms with Crippen molar-refractivity contribution in [1.82, 2.24) is 0 Å². The first-order chi connectivity index (χ1) is 14.1. The van der Waals surface area contributed by atoms with Crippen LogP contribution in [0.1, 0.15) is 12.5 Å². The number of urea groups is 1. The minimum atomic E-state index is -0.419. The molecule has 1 unspecified atom stereocenters. The molecule has 6 nitrogen and oxygen atoms in total. The topological polar surface area (TPSA) is 58.9 Å². The zero-order chi connectivity index (χ0) is 20.4. The number of rotatable bonds is 6. The summed E-state index contributed by atoms with van der Waals surface area (Å²) < 4.78 is 12.3. The standard InChI is InChI=1S/C22H21N2O4S/c1-3-28-18-10-6-16(7-11-18)24-21(25)20-19(12-13-29-20)23(22(24)26)14-15-4-8-17(27-2)9-5-15/h4-13,20H,3,14H2,1-2H3/q+1. The number of benzene rings is 2. The van der Waals surface area contributed by atoms with E-state index in [0.717, 1.165) is 17.0 Å². The Kier molecular flexibility index (Phi) is 5.40. The van der Waals surface area contributed by atoms with Crippen molar-refractivity contribution in [2.45, 2.75) is 18.7 Å². The average molecular weight is 409 g/mol. The van der Waals surface area contributed by atoms with Crippen LogP contribution >= 0.6 is 11.8 Å². The molecule has 0 spiro atoms. The number of carbonyl (C=O) groups excluding carboxylic acids is 2. The van der Waals surface area contributed by atoms with E-state index < -0.39 is 5.25 Å². The summed E-state index contributed by atoms with van der Waals surface area (Å²) in [6.07, 6.45) is 1.85. The number of hydrogen-bond acceptors (Lipinski definition) is 5. The van der Waals surface area contributed by atoms with Crippen molar-refractivity contribution in [3.63, 3.8) is 0 Å². The Morgan fingerprint density at radius 3 is 2.38 bits per heavy atom. The molecule has 148 valence electrons. The molecule has 0 N–H and O–H groups in total. The zero-order valence-electron chi connectivity index (χ0n) is 16.2. The first kappa shape index (κ1) is 19.3. The molecule has 0 aromatic heterocycles. The summed E-state index contributed by atoms with van der Waals surface area (Å²) in [5, 5.41) is 1.45. The van der Waals surface area contributed by atoms with E-state index in [4.69, 9.17) is 9.47 Å². The van der Waals surface area contributed by atoms with Crippen molar-refractivity contribution in [2.75, 3.05) is 18.6 Å². The second-order valence-corrected chi connectivity index (χ2v) is 7.58. The van der Waals surface area contributed by atoms with E-state index in [1.165, 1.54) is 16.7 Å². The van der Waals surface area contributed by atoms with Gasteiger partial charge < -0.3 is 9.47 Å². The van der Waals surface area contributed by atoms with Crippen molar-refractivity contribution in [1.29, 1.82) is 0 Å². The van der Waals surface area contributed by atoms with Crippen molar-refractivity contribution in [3.8, 4) is 11.5 Å². The van der Waals surface area contributed by atoms with Crippen LogP contribution < -0.4 is 14.4 Å². The summed E-state index contributed by atoms with van der Waals surface area (Å²) in [6, 6.07) is 14.2. The number of imide groups is 1. The van der Waals surface area contributed by atoms with Crippen LogP contribution in [0.25, 0.3) is 0 Å². The molecular weight excluding hydrogens is 388 g/mol. The SMILES string of the molecule is CCOc1ccc(N2C(=O)C3SC=CC3=[N+](Cc3ccc(OC)cc3)C2=O)cc1. The van der Waals surface area contributed by atoms with E-state index in [2.05, 4.69) is 0 Å². The number of anilines is 1. The van der Waals surface area contributed by atoms with Crippen LogP contribution in [0.2, 0.25) is 0 Å². The fourth-order valence-electron chi connectivity index (χ4n) is 3.37. The molecule has 7 heteroatoms. The van der Waals surface area contributed by atoms with Gasteiger partial charge >= 0.3 is 11.9 Å². The van der Waals surface area contributed by atoms with Gasteiger partial charge in [-0.25, -0.2) is 4.79 Å². The number of carbonyl (C=O) groups is 2. The third-order valence-corrected chi connectivity index (χ3v) is 5.81. The lowest BCUT2D eigenvalue weighted by Crippen LogP contribution is -2.55. The smallest absolute Gasteiger partial charge is 0.497 e. The van der Waals surface area contributed by atoms with Crippen molar-refractivity contribution < 1.29 is 23.6 Å². The molecule has 3 amide bonds. The van der Waals surface area contributed by atoms with E-state index in [1.807, 2.05) is 42.7 Å². The molecule has 0 aliphatic carbocycles. The van der Waals surface area contributed by atoms with Crippen LogP contribution in [0, 0.1) is 0 Å². The van der Waals surface area contributed by atoms with Crippen LogP contribution in [0.15, 0.2) is 60.0 Å². The highest BCUT2D eigenvalue weighted by molar-refractivity contribution is 8.04. The monoisotopic (exact) mass is 409 g/mol. The molecule has 2 aromatic carbocycles. The highest BCUT2D eigenvalue weighted by Gasteiger charge is 2.50. The van der Waals surface area contributed by atoms with Gasteiger partial charge in [0, 0.05) is 0 Å². The molecule has 0 saturated heterocycles. The number of allylic oxidation sites excluding steroid dienone is 1. The Bertz CT molecular complexity index is 996. The average Bonchev–Trinajstić information content (AvgIpc) is 3.23. The summed E-state index contributed by atoms with van der Waals surface area (Å²) in [5.74, 6) is 1.23. The summed E-state index contributed by atoms with van der Waals surface area (Å²) in [5.41, 5.74) is 2.22. The summed E-state index contributed by atoms with van der Waals surface area (Å²) in [7, 11) is 1.62. The van der Waals surface area contributed by atoms with Gasteiger partial charge in [-0.2, -0.15) is 9.37 Å². The molecule has 0 radical (unpaired) electrons. The van der Waals surface area contributed by atoms with Crippen molar-refractivity contribution in [2.24, 2.45) is 0 Å². The quantitative estimate of drug-likeness (QED) is 0.679. The maximum absolute atomic E-state index is 13.3. The van der Waals surface area contributed by atoms with Crippen LogP contribution in [-0.4, -0.2) is 41.2 Å². The third kappa shape index (κ3) is 3.65. The Balaban J connectivity index is 1.67. The van der Waals surface area contributed by atoms with E-state index in [9.17, 15) is 9.59 Å². The molecule has 2 aromatic rings. The molecular formula is C22H21N2O4S+. The van der Waals surface area contributed by atoms with Gasteiger partial charge in [0.05, 0.1) is 13.7 Å². The van der Waals surface area contributed by atoms with Crippen molar-refractivity contribution >= 4 is 35.1 Å². The number of hydrogen-bond donors (Lipinski definition) is 0. The molecule has 0 saturated carbocycles. The van der Waals surface area contributed by atoms with Crippen LogP contribution in [0.5, 0.6) is 11.5 Å². The summed E-state index contributed by atoms with van der Waals surface area (Å²) in [4.78, 5) is 27.6. The summed E-state index contributed by atoms with van der Waals surface area (Å²) >= 11 is 1.42. The first-order valence-corrected chi connectivity index (χ1v) is 10.3. The Labute approximate surface area is 173 Å². The molecule has 2 heterocycles. The molecule has 29 heavy (non-hydrogen) atoms. The van der Waals surface area contributed by atoms with Gasteiger partial charge in [0.15, 0.2) is 5.25 Å². The fraction of sp³-hybridized carbons (Fsp3) is 0.227. The van der Waals surface area contributed by atoms with Gasteiger partial charge in [0.1, 0.15) is 29.4 Å². The lowest BCUT2D eigenvalue weighted by atomic mass is 10.1. The van der Waals surface area contributed by atoms with E-state index in [0.29, 0.717) is 24.6 Å². The summed E-state index contributed by atoms with van der Waals surface area (Å²) in [6.45, 7) is 2.84. The molecule has 0 fully saturated rings. The molecule has 4 rings (SSSR count). The first-order valence-electron chi connectivity index (χ1n) is 9.32. The number of ether oxygens (including phenoxy) is 2. The largest absolute Gasteiger partial charge is 0.506 e. The molecule has 2 aliphatic heterocycles. The van der Waals surface area contributed by atoms with Crippen LogP contribution in [0.3, 0.4) is 0 Å². The second kappa shape index (κ2) is 8.13. The normalized spacial score (nSPS) is 18.3. The lowest BCUT2D eigenvalue weighted by Gasteiger charge is -2.24. The van der Waals surface area contributed by atoms with E-state index >= 15 is 0 Å². The van der Waals surface area contributed by atoms with Crippen LogP contribution in [-0.2, 0) is 11.3 Å². The number of amides is 3. The zero-order valence-corrected chi connectivity index (χ0v) is 17.0. The van der Waals surface area contributed by atoms with Gasteiger partial charge in [-0.3, -0.25) is 0 Å². The number of fused-ring (bicyclic) bond motifs is 1. The van der Waals surface area contributed by atoms with Gasteiger partial charge in [0.25, 0.3) is 0 Å². The minimum Gasteiger partial charge on any atom is -0.497 e. The van der Waals surface area contributed by atoms with Gasteiger partial charge in [-0.1, -0.05) is 12.1 Å². The fourth-order valence-corrected chi connectivity index (χ4v) is 4.31. The lowest BCUT2D eigenvalue weighted by molar-refractivity contribution is -0.444. The Morgan fingerprint density at radius 2 is 1.72 bits per heavy atom.